The minimum atomic E-state index is 0.813. The van der Waals surface area contributed by atoms with E-state index in [0.29, 0.717) is 0 Å². The number of ether oxygens (including phenoxy) is 1. The van der Waals surface area contributed by atoms with Gasteiger partial charge in [0.2, 0.25) is 0 Å². The van der Waals surface area contributed by atoms with Crippen molar-refractivity contribution in [1.82, 2.24) is 4.90 Å². The fourth-order valence-electron chi connectivity index (χ4n) is 2.14. The van der Waals surface area contributed by atoms with E-state index in [9.17, 15) is 0 Å². The lowest BCUT2D eigenvalue weighted by Gasteiger charge is -2.22. The number of halogens is 1. The minimum Gasteiger partial charge on any atom is -0.497 e. The normalized spacial score (nSPS) is 15.3. The molecule has 2 rings (SSSR count). The van der Waals surface area contributed by atoms with Gasteiger partial charge in [-0.2, -0.15) is 0 Å². The Balaban J connectivity index is 2.09. The molecule has 1 saturated carbocycles. The van der Waals surface area contributed by atoms with Gasteiger partial charge in [0.1, 0.15) is 5.75 Å². The Hall–Kier alpha value is -0.540. The summed E-state index contributed by atoms with van der Waals surface area (Å²) in [5.74, 6) is 0.940. The van der Waals surface area contributed by atoms with Gasteiger partial charge in [0.25, 0.3) is 0 Å². The number of rotatable bonds is 6. The van der Waals surface area contributed by atoms with Gasteiger partial charge in [0.05, 0.1) is 7.11 Å². The maximum absolute atomic E-state index is 5.29. The molecule has 0 amide bonds. The van der Waals surface area contributed by atoms with Gasteiger partial charge >= 0.3 is 0 Å². The lowest BCUT2D eigenvalue weighted by molar-refractivity contribution is 0.254. The summed E-state index contributed by atoms with van der Waals surface area (Å²) in [4.78, 5) is 2.58. The van der Waals surface area contributed by atoms with Crippen molar-refractivity contribution in [2.75, 3.05) is 13.7 Å². The van der Waals surface area contributed by atoms with Crippen LogP contribution >= 0.6 is 15.9 Å². The van der Waals surface area contributed by atoms with Gasteiger partial charge in [-0.3, -0.25) is 4.90 Å². The van der Waals surface area contributed by atoms with Crippen molar-refractivity contribution in [3.05, 3.63) is 28.2 Å². The molecule has 1 aliphatic carbocycles. The van der Waals surface area contributed by atoms with E-state index in [1.165, 1.54) is 35.8 Å². The quantitative estimate of drug-likeness (QED) is 0.791. The number of nitrogens with zero attached hydrogens (tertiary/aromatic N) is 1. The molecule has 0 radical (unpaired) electrons. The number of benzene rings is 1. The molecule has 2 nitrogen and oxygen atoms in total. The second-order valence-corrected chi connectivity index (χ2v) is 5.51. The van der Waals surface area contributed by atoms with E-state index in [1.54, 1.807) is 7.11 Å². The molecule has 0 spiro atoms. The molecule has 0 atom stereocenters. The third-order valence-electron chi connectivity index (χ3n) is 3.20. The van der Waals surface area contributed by atoms with Gasteiger partial charge < -0.3 is 4.74 Å². The largest absolute Gasteiger partial charge is 0.497 e. The predicted octanol–water partition coefficient (Wildman–Crippen LogP) is 3.83. The van der Waals surface area contributed by atoms with E-state index in [0.717, 1.165) is 18.3 Å². The van der Waals surface area contributed by atoms with Crippen LogP contribution in [0.4, 0.5) is 0 Å². The Bertz CT molecular complexity index is 376. The summed E-state index contributed by atoms with van der Waals surface area (Å²) in [5.41, 5.74) is 1.32. The highest BCUT2D eigenvalue weighted by atomic mass is 79.9. The first-order chi connectivity index (χ1) is 8.24. The molecule has 1 aromatic rings. The molecule has 1 aliphatic rings. The summed E-state index contributed by atoms with van der Waals surface area (Å²) in [7, 11) is 1.72. The van der Waals surface area contributed by atoms with Crippen LogP contribution < -0.4 is 4.74 Å². The van der Waals surface area contributed by atoms with Crippen molar-refractivity contribution in [2.45, 2.75) is 38.8 Å². The molecule has 17 heavy (non-hydrogen) atoms. The van der Waals surface area contributed by atoms with E-state index < -0.39 is 0 Å². The van der Waals surface area contributed by atoms with Crippen molar-refractivity contribution >= 4 is 15.9 Å². The second kappa shape index (κ2) is 5.87. The monoisotopic (exact) mass is 297 g/mol. The van der Waals surface area contributed by atoms with Crippen LogP contribution in [0.25, 0.3) is 0 Å². The van der Waals surface area contributed by atoms with Crippen LogP contribution in [0.3, 0.4) is 0 Å². The predicted molar refractivity (Wildman–Crippen MR) is 74.4 cm³/mol. The summed E-state index contributed by atoms with van der Waals surface area (Å²) in [6.07, 6.45) is 3.95. The summed E-state index contributed by atoms with van der Waals surface area (Å²) in [6, 6.07) is 7.02. The first-order valence-electron chi connectivity index (χ1n) is 6.31. The first kappa shape index (κ1) is 12.9. The van der Waals surface area contributed by atoms with Crippen LogP contribution in [0.15, 0.2) is 22.7 Å². The van der Waals surface area contributed by atoms with E-state index >= 15 is 0 Å². The molecule has 0 aliphatic heterocycles. The van der Waals surface area contributed by atoms with Crippen LogP contribution in [0, 0.1) is 0 Å². The van der Waals surface area contributed by atoms with Crippen LogP contribution in [0.1, 0.15) is 31.7 Å². The Labute approximate surface area is 112 Å². The van der Waals surface area contributed by atoms with Gasteiger partial charge in [0.15, 0.2) is 0 Å². The smallest absolute Gasteiger partial charge is 0.119 e. The van der Waals surface area contributed by atoms with Gasteiger partial charge in [0, 0.05) is 17.1 Å². The molecule has 0 saturated heterocycles. The summed E-state index contributed by atoms with van der Waals surface area (Å²) < 4.78 is 6.47. The van der Waals surface area contributed by atoms with Crippen LogP contribution in [0.2, 0.25) is 0 Å². The van der Waals surface area contributed by atoms with Gasteiger partial charge in [-0.1, -0.05) is 22.9 Å². The standard InChI is InChI=1S/C14H20BrNO/c1-3-8-16(12-4-5-12)10-11-9-13(17-2)6-7-14(11)15/h6-7,9,12H,3-5,8,10H2,1-2H3. The zero-order valence-electron chi connectivity index (χ0n) is 10.6. The maximum Gasteiger partial charge on any atom is 0.119 e. The zero-order valence-corrected chi connectivity index (χ0v) is 12.2. The molecule has 0 heterocycles. The van der Waals surface area contributed by atoms with Gasteiger partial charge in [-0.05, 0) is 49.6 Å². The maximum atomic E-state index is 5.29. The molecule has 3 heteroatoms. The highest BCUT2D eigenvalue weighted by molar-refractivity contribution is 9.10. The van der Waals surface area contributed by atoms with Crippen LogP contribution in [-0.4, -0.2) is 24.6 Å². The minimum absolute atomic E-state index is 0.813. The fourth-order valence-corrected chi connectivity index (χ4v) is 2.51. The fraction of sp³-hybridized carbons (Fsp3) is 0.571. The molecule has 0 bridgehead atoms. The number of methoxy groups -OCH3 is 1. The SMILES string of the molecule is CCCN(Cc1cc(OC)ccc1Br)C1CC1. The van der Waals surface area contributed by atoms with Crippen molar-refractivity contribution < 1.29 is 4.74 Å². The molecule has 0 N–H and O–H groups in total. The summed E-state index contributed by atoms with van der Waals surface area (Å²) in [6.45, 7) is 4.46. The number of hydrogen-bond acceptors (Lipinski definition) is 2. The van der Waals surface area contributed by atoms with E-state index in [2.05, 4.69) is 39.9 Å². The third-order valence-corrected chi connectivity index (χ3v) is 3.97. The van der Waals surface area contributed by atoms with Crippen LogP contribution in [0.5, 0.6) is 5.75 Å². The zero-order chi connectivity index (χ0) is 12.3. The molecular formula is C14H20BrNO. The van der Waals surface area contributed by atoms with Gasteiger partial charge in [-0.15, -0.1) is 0 Å². The topological polar surface area (TPSA) is 12.5 Å². The molecule has 94 valence electrons. The van der Waals surface area contributed by atoms with Crippen molar-refractivity contribution in [2.24, 2.45) is 0 Å². The van der Waals surface area contributed by atoms with Crippen molar-refractivity contribution in [3.63, 3.8) is 0 Å². The Morgan fingerprint density at radius 3 is 2.76 bits per heavy atom. The summed E-state index contributed by atoms with van der Waals surface area (Å²) in [5, 5.41) is 0. The van der Waals surface area contributed by atoms with E-state index in [4.69, 9.17) is 4.74 Å². The highest BCUT2D eigenvalue weighted by Gasteiger charge is 2.28. The third kappa shape index (κ3) is 3.46. The Kier molecular flexibility index (Phi) is 4.46. The summed E-state index contributed by atoms with van der Waals surface area (Å²) >= 11 is 3.63. The molecule has 1 fully saturated rings. The first-order valence-corrected chi connectivity index (χ1v) is 7.10. The Morgan fingerprint density at radius 2 is 2.18 bits per heavy atom. The van der Waals surface area contributed by atoms with Crippen molar-refractivity contribution in [3.8, 4) is 5.75 Å². The molecule has 1 aromatic carbocycles. The second-order valence-electron chi connectivity index (χ2n) is 4.66. The lowest BCUT2D eigenvalue weighted by Crippen LogP contribution is -2.26. The Morgan fingerprint density at radius 1 is 1.41 bits per heavy atom. The molecule has 0 unspecified atom stereocenters. The number of hydrogen-bond donors (Lipinski definition) is 0. The van der Waals surface area contributed by atoms with Gasteiger partial charge in [-0.25, -0.2) is 0 Å². The lowest BCUT2D eigenvalue weighted by atomic mass is 10.2. The van der Waals surface area contributed by atoms with E-state index in [-0.39, 0.29) is 0 Å². The molecule has 0 aromatic heterocycles. The average molecular weight is 298 g/mol. The van der Waals surface area contributed by atoms with E-state index in [1.807, 2.05) is 6.07 Å². The van der Waals surface area contributed by atoms with Crippen molar-refractivity contribution in [1.29, 1.82) is 0 Å². The molecular weight excluding hydrogens is 278 g/mol. The highest BCUT2D eigenvalue weighted by Crippen LogP contribution is 2.31. The average Bonchev–Trinajstić information content (AvgIpc) is 3.15. The van der Waals surface area contributed by atoms with Crippen LogP contribution in [-0.2, 0) is 6.54 Å².